The fourth-order valence-electron chi connectivity index (χ4n) is 3.85. The Bertz CT molecular complexity index is 736. The lowest BCUT2D eigenvalue weighted by Gasteiger charge is -2.35. The van der Waals surface area contributed by atoms with Crippen LogP contribution in [0.3, 0.4) is 0 Å². The zero-order valence-electron chi connectivity index (χ0n) is 15.2. The summed E-state index contributed by atoms with van der Waals surface area (Å²) in [5.41, 5.74) is 6.40. The summed E-state index contributed by atoms with van der Waals surface area (Å²) in [6.07, 6.45) is 1.60. The number of tetrazole rings is 1. The smallest absolute Gasteiger partial charge is 0.220 e. The summed E-state index contributed by atoms with van der Waals surface area (Å²) in [6.45, 7) is 6.58. The van der Waals surface area contributed by atoms with Crippen molar-refractivity contribution in [3.8, 4) is 0 Å². The van der Waals surface area contributed by atoms with Crippen LogP contribution in [0.25, 0.3) is 0 Å². The van der Waals surface area contributed by atoms with Crippen molar-refractivity contribution in [1.82, 2.24) is 20.2 Å². The molecule has 8 heteroatoms. The third-order valence-electron chi connectivity index (χ3n) is 5.22. The SMILES string of the molecule is CC(C)[C@@H](c1nnnn1Cc1ccc(F)cc1)[NH+]1CCC(C(N)=O)CC1. The number of piperidine rings is 1. The standard InChI is InChI=1S/C18H25FN6O/c1-12(2)16(24-9-7-14(8-10-24)17(20)26)18-21-22-23-25(18)11-13-3-5-15(19)6-4-13/h3-6,12,14,16H,7-11H2,1-2H3,(H2,20,26)/p+1/t16-/m0/s1. The lowest BCUT2D eigenvalue weighted by Crippen LogP contribution is -3.14. The quantitative estimate of drug-likeness (QED) is 0.776. The Kier molecular flexibility index (Phi) is 5.61. The topological polar surface area (TPSA) is 91.1 Å². The van der Waals surface area contributed by atoms with Crippen LogP contribution in [0.5, 0.6) is 0 Å². The molecule has 2 heterocycles. The van der Waals surface area contributed by atoms with Crippen molar-refractivity contribution < 1.29 is 14.1 Å². The minimum absolute atomic E-state index is 0.0261. The summed E-state index contributed by atoms with van der Waals surface area (Å²) in [7, 11) is 0. The van der Waals surface area contributed by atoms with Gasteiger partial charge in [0.15, 0.2) is 6.04 Å². The van der Waals surface area contributed by atoms with E-state index in [1.165, 1.54) is 17.0 Å². The number of hydrogen-bond acceptors (Lipinski definition) is 4. The number of primary amides is 1. The molecule has 1 fully saturated rings. The number of nitrogens with two attached hydrogens (primary N) is 1. The van der Waals surface area contributed by atoms with E-state index in [2.05, 4.69) is 29.4 Å². The number of likely N-dealkylation sites (tertiary alicyclic amines) is 1. The Morgan fingerprint density at radius 3 is 2.54 bits per heavy atom. The van der Waals surface area contributed by atoms with E-state index in [9.17, 15) is 9.18 Å². The number of quaternary nitrogens is 1. The van der Waals surface area contributed by atoms with Crippen LogP contribution in [0.15, 0.2) is 24.3 Å². The molecule has 0 bridgehead atoms. The van der Waals surface area contributed by atoms with Crippen molar-refractivity contribution >= 4 is 5.91 Å². The number of aromatic nitrogens is 4. The van der Waals surface area contributed by atoms with Gasteiger partial charge in [0.25, 0.3) is 0 Å². The zero-order chi connectivity index (χ0) is 18.7. The van der Waals surface area contributed by atoms with Crippen molar-refractivity contribution in [2.24, 2.45) is 17.6 Å². The number of carbonyl (C=O) groups excluding carboxylic acids is 1. The number of hydrogen-bond donors (Lipinski definition) is 2. The molecule has 140 valence electrons. The third kappa shape index (κ3) is 4.07. The molecule has 0 spiro atoms. The van der Waals surface area contributed by atoms with Crippen molar-refractivity contribution in [3.63, 3.8) is 0 Å². The van der Waals surface area contributed by atoms with Gasteiger partial charge >= 0.3 is 0 Å². The molecule has 26 heavy (non-hydrogen) atoms. The fourth-order valence-corrected chi connectivity index (χ4v) is 3.85. The van der Waals surface area contributed by atoms with Gasteiger partial charge in [0.05, 0.1) is 19.6 Å². The van der Waals surface area contributed by atoms with Gasteiger partial charge in [-0.3, -0.25) is 4.79 Å². The molecule has 0 aliphatic carbocycles. The van der Waals surface area contributed by atoms with Gasteiger partial charge in [-0.05, 0) is 28.1 Å². The lowest BCUT2D eigenvalue weighted by molar-refractivity contribution is -0.941. The van der Waals surface area contributed by atoms with E-state index < -0.39 is 0 Å². The van der Waals surface area contributed by atoms with Gasteiger partial charge in [-0.15, -0.1) is 5.10 Å². The molecule has 1 amide bonds. The van der Waals surface area contributed by atoms with Crippen LogP contribution in [0.2, 0.25) is 0 Å². The third-order valence-corrected chi connectivity index (χ3v) is 5.22. The maximum absolute atomic E-state index is 13.1. The Morgan fingerprint density at radius 1 is 1.31 bits per heavy atom. The van der Waals surface area contributed by atoms with E-state index in [0.29, 0.717) is 12.5 Å². The van der Waals surface area contributed by atoms with Crippen LogP contribution < -0.4 is 10.6 Å². The number of nitrogens with zero attached hydrogens (tertiary/aromatic N) is 4. The molecule has 0 unspecified atom stereocenters. The molecule has 1 aliphatic heterocycles. The summed E-state index contributed by atoms with van der Waals surface area (Å²) < 4.78 is 14.9. The van der Waals surface area contributed by atoms with Crippen molar-refractivity contribution in [3.05, 3.63) is 41.5 Å². The molecule has 1 aromatic heterocycles. The van der Waals surface area contributed by atoms with Crippen molar-refractivity contribution in [2.45, 2.75) is 39.3 Å². The van der Waals surface area contributed by atoms with Gasteiger partial charge in [0.2, 0.25) is 11.7 Å². The minimum Gasteiger partial charge on any atom is -0.369 e. The summed E-state index contributed by atoms with van der Waals surface area (Å²) >= 11 is 0. The van der Waals surface area contributed by atoms with E-state index in [4.69, 9.17) is 5.73 Å². The van der Waals surface area contributed by atoms with Gasteiger partial charge in [0.1, 0.15) is 5.82 Å². The predicted octanol–water partition coefficient (Wildman–Crippen LogP) is 0.338. The second kappa shape index (κ2) is 7.90. The average molecular weight is 361 g/mol. The molecule has 3 N–H and O–H groups in total. The van der Waals surface area contributed by atoms with E-state index >= 15 is 0 Å². The molecule has 2 aromatic rings. The Morgan fingerprint density at radius 2 is 1.96 bits per heavy atom. The number of benzene rings is 1. The van der Waals surface area contributed by atoms with Crippen molar-refractivity contribution in [1.29, 1.82) is 0 Å². The summed E-state index contributed by atoms with van der Waals surface area (Å²) in [5.74, 6) is 0.686. The van der Waals surface area contributed by atoms with Crippen LogP contribution in [0.4, 0.5) is 4.39 Å². The highest BCUT2D eigenvalue weighted by Gasteiger charge is 2.36. The average Bonchev–Trinajstić information content (AvgIpc) is 3.05. The maximum Gasteiger partial charge on any atom is 0.220 e. The first-order valence-electron chi connectivity index (χ1n) is 9.10. The van der Waals surface area contributed by atoms with Gasteiger partial charge in [-0.2, -0.15) is 0 Å². The van der Waals surface area contributed by atoms with Crippen LogP contribution in [0.1, 0.15) is 44.1 Å². The first-order chi connectivity index (χ1) is 12.5. The number of amides is 1. The predicted molar refractivity (Wildman–Crippen MR) is 93.5 cm³/mol. The summed E-state index contributed by atoms with van der Waals surface area (Å²) in [6, 6.07) is 6.52. The largest absolute Gasteiger partial charge is 0.369 e. The normalized spacial score (nSPS) is 21.7. The number of rotatable bonds is 6. The first kappa shape index (κ1) is 18.4. The molecule has 1 aliphatic rings. The molecule has 7 nitrogen and oxygen atoms in total. The van der Waals surface area contributed by atoms with Crippen LogP contribution in [-0.4, -0.2) is 39.2 Å². The zero-order valence-corrected chi connectivity index (χ0v) is 15.2. The fraction of sp³-hybridized carbons (Fsp3) is 0.556. The van der Waals surface area contributed by atoms with E-state index in [0.717, 1.165) is 37.3 Å². The molecular formula is C18H26FN6O+. The number of halogens is 1. The van der Waals surface area contributed by atoms with Gasteiger partial charge in [0, 0.05) is 24.7 Å². The van der Waals surface area contributed by atoms with Gasteiger partial charge in [-0.1, -0.05) is 26.0 Å². The van der Waals surface area contributed by atoms with Gasteiger partial charge in [-0.25, -0.2) is 9.07 Å². The molecule has 0 saturated carbocycles. The second-order valence-electron chi connectivity index (χ2n) is 7.38. The number of carbonyl (C=O) groups is 1. The van der Waals surface area contributed by atoms with Crippen molar-refractivity contribution in [2.75, 3.05) is 13.1 Å². The Hall–Kier alpha value is -2.35. The van der Waals surface area contributed by atoms with E-state index in [-0.39, 0.29) is 23.7 Å². The maximum atomic E-state index is 13.1. The highest BCUT2D eigenvalue weighted by Crippen LogP contribution is 2.19. The van der Waals surface area contributed by atoms with Crippen LogP contribution >= 0.6 is 0 Å². The molecular weight excluding hydrogens is 335 g/mol. The van der Waals surface area contributed by atoms with Gasteiger partial charge < -0.3 is 10.6 Å². The molecule has 1 atom stereocenters. The molecule has 0 radical (unpaired) electrons. The summed E-state index contributed by atoms with van der Waals surface area (Å²) in [4.78, 5) is 12.8. The molecule has 1 saturated heterocycles. The van der Waals surface area contributed by atoms with Crippen LogP contribution in [-0.2, 0) is 11.3 Å². The molecule has 3 rings (SSSR count). The van der Waals surface area contributed by atoms with E-state index in [1.54, 1.807) is 16.8 Å². The number of nitrogens with one attached hydrogen (secondary N) is 1. The second-order valence-corrected chi connectivity index (χ2v) is 7.38. The minimum atomic E-state index is -0.257. The Balaban J connectivity index is 1.78. The van der Waals surface area contributed by atoms with E-state index in [1.807, 2.05) is 0 Å². The molecule has 1 aromatic carbocycles. The monoisotopic (exact) mass is 361 g/mol. The first-order valence-corrected chi connectivity index (χ1v) is 9.10. The highest BCUT2D eigenvalue weighted by molar-refractivity contribution is 5.76. The van der Waals surface area contributed by atoms with Crippen LogP contribution in [0, 0.1) is 17.7 Å². The highest BCUT2D eigenvalue weighted by atomic mass is 19.1. The lowest BCUT2D eigenvalue weighted by atomic mass is 9.92. The summed E-state index contributed by atoms with van der Waals surface area (Å²) in [5, 5.41) is 12.3. The Labute approximate surface area is 152 Å².